The van der Waals surface area contributed by atoms with E-state index in [0.717, 1.165) is 24.8 Å². The van der Waals surface area contributed by atoms with Gasteiger partial charge in [0.05, 0.1) is 4.47 Å². The third kappa shape index (κ3) is 4.30. The number of rotatable bonds is 6. The fourth-order valence-electron chi connectivity index (χ4n) is 1.57. The molecule has 0 unspecified atom stereocenters. The zero-order chi connectivity index (χ0) is 12.8. The van der Waals surface area contributed by atoms with Crippen molar-refractivity contribution in [2.45, 2.75) is 19.9 Å². The normalized spacial score (nSPS) is 11.2. The maximum atomic E-state index is 13.8. The third-order valence-electron chi connectivity index (χ3n) is 2.58. The highest BCUT2D eigenvalue weighted by molar-refractivity contribution is 9.10. The van der Waals surface area contributed by atoms with Crippen LogP contribution in [-0.4, -0.2) is 23.3 Å². The van der Waals surface area contributed by atoms with Crippen molar-refractivity contribution in [2.24, 2.45) is 0 Å². The Labute approximate surface area is 117 Å². The molecule has 1 aromatic rings. The van der Waals surface area contributed by atoms with Gasteiger partial charge in [0.1, 0.15) is 11.6 Å². The Morgan fingerprint density at radius 2 is 2.00 bits per heavy atom. The van der Waals surface area contributed by atoms with E-state index in [0.29, 0.717) is 11.0 Å². The Morgan fingerprint density at radius 3 is 2.59 bits per heavy atom. The molecule has 1 rings (SSSR count). The lowest BCUT2D eigenvalue weighted by molar-refractivity contribution is 0.272. The summed E-state index contributed by atoms with van der Waals surface area (Å²) < 4.78 is 27.6. The number of hydrogen-bond donors (Lipinski definition) is 0. The van der Waals surface area contributed by atoms with E-state index >= 15 is 0 Å². The van der Waals surface area contributed by atoms with E-state index in [-0.39, 0.29) is 5.56 Å². The molecular weight excluding hydrogens is 356 g/mol. The minimum Gasteiger partial charge on any atom is -0.299 e. The molecule has 0 aromatic heterocycles. The van der Waals surface area contributed by atoms with Crippen LogP contribution in [0.3, 0.4) is 0 Å². The van der Waals surface area contributed by atoms with Crippen LogP contribution >= 0.6 is 31.9 Å². The van der Waals surface area contributed by atoms with Crippen molar-refractivity contribution in [1.29, 1.82) is 0 Å². The Bertz CT molecular complexity index is 372. The van der Waals surface area contributed by atoms with E-state index in [2.05, 4.69) is 31.9 Å². The molecule has 0 radical (unpaired) electrons. The molecule has 0 fully saturated rings. The molecule has 0 amide bonds. The lowest BCUT2D eigenvalue weighted by Gasteiger charge is -2.20. The van der Waals surface area contributed by atoms with Crippen molar-refractivity contribution in [3.8, 4) is 0 Å². The van der Waals surface area contributed by atoms with Gasteiger partial charge in [-0.25, -0.2) is 8.78 Å². The van der Waals surface area contributed by atoms with E-state index in [4.69, 9.17) is 0 Å². The highest BCUT2D eigenvalue weighted by Gasteiger charge is 2.14. The molecule has 0 spiro atoms. The first-order valence-electron chi connectivity index (χ1n) is 5.50. The van der Waals surface area contributed by atoms with Crippen LogP contribution in [-0.2, 0) is 6.54 Å². The minimum atomic E-state index is -0.498. The van der Waals surface area contributed by atoms with Gasteiger partial charge in [0.25, 0.3) is 0 Å². The van der Waals surface area contributed by atoms with Crippen LogP contribution in [0.25, 0.3) is 0 Å². The van der Waals surface area contributed by atoms with E-state index in [1.807, 2.05) is 11.8 Å². The smallest absolute Gasteiger partial charge is 0.144 e. The summed E-state index contributed by atoms with van der Waals surface area (Å²) in [4.78, 5) is 2.02. The fraction of sp³-hybridized carbons (Fsp3) is 0.500. The molecule has 1 aromatic carbocycles. The average molecular weight is 371 g/mol. The SMILES string of the molecule is CCN(CCCBr)Cc1c(F)ccc(Br)c1F. The van der Waals surface area contributed by atoms with Crippen molar-refractivity contribution >= 4 is 31.9 Å². The summed E-state index contributed by atoms with van der Waals surface area (Å²) in [5.41, 5.74) is 0.135. The molecule has 0 N–H and O–H groups in total. The van der Waals surface area contributed by atoms with Gasteiger partial charge in [-0.2, -0.15) is 0 Å². The topological polar surface area (TPSA) is 3.24 Å². The maximum absolute atomic E-state index is 13.8. The van der Waals surface area contributed by atoms with Crippen LogP contribution in [0.15, 0.2) is 16.6 Å². The van der Waals surface area contributed by atoms with Gasteiger partial charge in [-0.3, -0.25) is 4.90 Å². The number of nitrogens with zero attached hydrogens (tertiary/aromatic N) is 1. The van der Waals surface area contributed by atoms with Gasteiger partial charge >= 0.3 is 0 Å². The summed E-state index contributed by atoms with van der Waals surface area (Å²) in [5.74, 6) is -0.981. The Morgan fingerprint density at radius 1 is 1.29 bits per heavy atom. The summed E-state index contributed by atoms with van der Waals surface area (Å²) >= 11 is 6.43. The molecule has 0 bridgehead atoms. The van der Waals surface area contributed by atoms with E-state index in [1.54, 1.807) is 0 Å². The van der Waals surface area contributed by atoms with Crippen molar-refractivity contribution < 1.29 is 8.78 Å². The first-order valence-corrected chi connectivity index (χ1v) is 7.42. The molecular formula is C12H15Br2F2N. The van der Waals surface area contributed by atoms with Gasteiger partial charge in [0.15, 0.2) is 0 Å². The Balaban J connectivity index is 2.81. The molecule has 0 aliphatic heterocycles. The summed E-state index contributed by atoms with van der Waals surface area (Å²) in [6, 6.07) is 2.68. The average Bonchev–Trinajstić information content (AvgIpc) is 2.33. The van der Waals surface area contributed by atoms with Crippen LogP contribution in [0.5, 0.6) is 0 Å². The first kappa shape index (κ1) is 15.1. The van der Waals surface area contributed by atoms with Crippen molar-refractivity contribution in [1.82, 2.24) is 4.90 Å². The zero-order valence-electron chi connectivity index (χ0n) is 9.65. The fourth-order valence-corrected chi connectivity index (χ4v) is 2.19. The second kappa shape index (κ2) is 7.44. The van der Waals surface area contributed by atoms with E-state index < -0.39 is 11.6 Å². The quantitative estimate of drug-likeness (QED) is 0.532. The Kier molecular flexibility index (Phi) is 6.59. The van der Waals surface area contributed by atoms with Gasteiger partial charge in [0.2, 0.25) is 0 Å². The van der Waals surface area contributed by atoms with Gasteiger partial charge < -0.3 is 0 Å². The van der Waals surface area contributed by atoms with Crippen LogP contribution in [0, 0.1) is 11.6 Å². The molecule has 5 heteroatoms. The Hall–Kier alpha value is -0.0000000000000000555. The van der Waals surface area contributed by atoms with E-state index in [1.165, 1.54) is 12.1 Å². The molecule has 0 atom stereocenters. The second-order valence-electron chi connectivity index (χ2n) is 3.73. The molecule has 0 saturated heterocycles. The zero-order valence-corrected chi connectivity index (χ0v) is 12.8. The van der Waals surface area contributed by atoms with Crippen LogP contribution in [0.1, 0.15) is 18.9 Å². The third-order valence-corrected chi connectivity index (χ3v) is 3.75. The molecule has 0 heterocycles. The lowest BCUT2D eigenvalue weighted by atomic mass is 10.2. The van der Waals surface area contributed by atoms with Crippen molar-refractivity contribution in [3.05, 3.63) is 33.8 Å². The predicted octanol–water partition coefficient (Wildman–Crippen LogP) is 4.33. The predicted molar refractivity (Wildman–Crippen MR) is 73.4 cm³/mol. The summed E-state index contributed by atoms with van der Waals surface area (Å²) in [7, 11) is 0. The van der Waals surface area contributed by atoms with Gasteiger partial charge in [0, 0.05) is 17.4 Å². The van der Waals surface area contributed by atoms with Crippen molar-refractivity contribution in [2.75, 3.05) is 18.4 Å². The van der Waals surface area contributed by atoms with Crippen molar-refractivity contribution in [3.63, 3.8) is 0 Å². The molecule has 0 aliphatic carbocycles. The summed E-state index contributed by atoms with van der Waals surface area (Å²) in [6.07, 6.45) is 0.963. The van der Waals surface area contributed by atoms with E-state index in [9.17, 15) is 8.78 Å². The first-order chi connectivity index (χ1) is 8.10. The number of alkyl halides is 1. The number of hydrogen-bond acceptors (Lipinski definition) is 1. The minimum absolute atomic E-state index is 0.135. The second-order valence-corrected chi connectivity index (χ2v) is 5.38. The molecule has 96 valence electrons. The molecule has 17 heavy (non-hydrogen) atoms. The molecule has 0 saturated carbocycles. The summed E-state index contributed by atoms with van der Waals surface area (Å²) in [5, 5.41) is 0.896. The van der Waals surface area contributed by atoms with Gasteiger partial charge in [-0.15, -0.1) is 0 Å². The number of benzene rings is 1. The monoisotopic (exact) mass is 369 g/mol. The molecule has 0 aliphatic rings. The van der Waals surface area contributed by atoms with Gasteiger partial charge in [-0.1, -0.05) is 22.9 Å². The lowest BCUT2D eigenvalue weighted by Crippen LogP contribution is -2.25. The summed E-state index contributed by atoms with van der Waals surface area (Å²) in [6.45, 7) is 3.90. The maximum Gasteiger partial charge on any atom is 0.144 e. The standard InChI is InChI=1S/C12H15Br2F2N/c1-2-17(7-3-6-13)8-9-11(15)5-4-10(14)12(9)16/h4-5H,2-3,6-8H2,1H3. The van der Waals surface area contributed by atoms with Crippen LogP contribution in [0.4, 0.5) is 8.78 Å². The molecule has 1 nitrogen and oxygen atoms in total. The highest BCUT2D eigenvalue weighted by Crippen LogP contribution is 2.22. The van der Waals surface area contributed by atoms with Crippen LogP contribution in [0.2, 0.25) is 0 Å². The number of halogens is 4. The van der Waals surface area contributed by atoms with Crippen LogP contribution < -0.4 is 0 Å². The van der Waals surface area contributed by atoms with Gasteiger partial charge in [-0.05, 0) is 47.6 Å². The highest BCUT2D eigenvalue weighted by atomic mass is 79.9. The largest absolute Gasteiger partial charge is 0.299 e.